The molecule has 94 valence electrons. The van der Waals surface area contributed by atoms with Crippen LogP contribution >= 0.6 is 0 Å². The maximum atomic E-state index is 10.8. The second-order valence-corrected chi connectivity index (χ2v) is 3.09. The van der Waals surface area contributed by atoms with Crippen LogP contribution in [0.25, 0.3) is 6.08 Å². The molecular weight excluding hydrogens is 244 g/mol. The number of hydrogen-bond donors (Lipinski definition) is 4. The van der Waals surface area contributed by atoms with Crippen LogP contribution in [0, 0.1) is 0 Å². The van der Waals surface area contributed by atoms with E-state index in [1.54, 1.807) is 0 Å². The van der Waals surface area contributed by atoms with Gasteiger partial charge >= 0.3 is 17.9 Å². The Morgan fingerprint density at radius 3 is 2.28 bits per heavy atom. The summed E-state index contributed by atoms with van der Waals surface area (Å²) in [6, 6.07) is 1.12. The summed E-state index contributed by atoms with van der Waals surface area (Å²) in [7, 11) is 0. The van der Waals surface area contributed by atoms with Crippen LogP contribution in [-0.4, -0.2) is 43.4 Å². The number of hydrogen-bond acceptors (Lipinski definition) is 4. The minimum Gasteiger partial charge on any atom is -0.478 e. The molecule has 1 aromatic rings. The Bertz CT molecular complexity index is 554. The van der Waals surface area contributed by atoms with Crippen LogP contribution < -0.4 is 0 Å². The Hall–Kier alpha value is -2.90. The van der Waals surface area contributed by atoms with Crippen LogP contribution in [0.4, 0.5) is 0 Å². The van der Waals surface area contributed by atoms with Crippen molar-refractivity contribution in [3.63, 3.8) is 0 Å². The molecular formula is C10H8N2O6. The first-order chi connectivity index (χ1) is 8.40. The molecule has 0 saturated carbocycles. The van der Waals surface area contributed by atoms with E-state index in [9.17, 15) is 14.4 Å². The molecule has 8 heteroatoms. The number of H-pyrrole nitrogens is 1. The van der Waals surface area contributed by atoms with E-state index < -0.39 is 17.9 Å². The molecule has 0 aliphatic rings. The standard InChI is InChI=1S/C10H8N2O6/c13-8(14)2-1-5(9(15)16)3-6-4-7(10(17)18)12-11-6/h1-4H,(H,11,12)(H,13,14)(H,15,16)(H,17,18)/b2-1+,5-3+. The van der Waals surface area contributed by atoms with Crippen LogP contribution in [0.2, 0.25) is 0 Å². The highest BCUT2D eigenvalue weighted by atomic mass is 16.4. The lowest BCUT2D eigenvalue weighted by Crippen LogP contribution is -1.99. The number of aromatic carboxylic acids is 1. The van der Waals surface area contributed by atoms with Crippen molar-refractivity contribution in [2.75, 3.05) is 0 Å². The van der Waals surface area contributed by atoms with E-state index in [1.165, 1.54) is 0 Å². The van der Waals surface area contributed by atoms with Gasteiger partial charge in [0.15, 0.2) is 5.69 Å². The number of aromatic amines is 1. The molecule has 18 heavy (non-hydrogen) atoms. The molecule has 1 rings (SSSR count). The highest BCUT2D eigenvalue weighted by Gasteiger charge is 2.09. The topological polar surface area (TPSA) is 141 Å². The Morgan fingerprint density at radius 2 is 1.83 bits per heavy atom. The van der Waals surface area contributed by atoms with Gasteiger partial charge in [-0.15, -0.1) is 0 Å². The summed E-state index contributed by atoms with van der Waals surface area (Å²) in [6.45, 7) is 0. The highest BCUT2D eigenvalue weighted by molar-refractivity contribution is 5.97. The van der Waals surface area contributed by atoms with Crippen molar-refractivity contribution in [2.24, 2.45) is 0 Å². The maximum Gasteiger partial charge on any atom is 0.356 e. The van der Waals surface area contributed by atoms with Crippen molar-refractivity contribution in [1.82, 2.24) is 10.2 Å². The van der Waals surface area contributed by atoms with Crippen molar-refractivity contribution < 1.29 is 29.7 Å². The zero-order chi connectivity index (χ0) is 13.7. The fourth-order valence-electron chi connectivity index (χ4n) is 1.03. The number of aliphatic carboxylic acids is 2. The van der Waals surface area contributed by atoms with Gasteiger partial charge in [0.1, 0.15) is 0 Å². The number of aromatic nitrogens is 2. The predicted molar refractivity (Wildman–Crippen MR) is 57.9 cm³/mol. The second kappa shape index (κ2) is 5.43. The molecule has 0 radical (unpaired) electrons. The van der Waals surface area contributed by atoms with Gasteiger partial charge in [0.25, 0.3) is 0 Å². The van der Waals surface area contributed by atoms with Gasteiger partial charge in [0, 0.05) is 6.08 Å². The van der Waals surface area contributed by atoms with Crippen LogP contribution in [0.1, 0.15) is 16.2 Å². The molecule has 0 amide bonds. The first-order valence-electron chi connectivity index (χ1n) is 4.55. The Kier molecular flexibility index (Phi) is 3.98. The molecule has 0 fully saturated rings. The smallest absolute Gasteiger partial charge is 0.356 e. The summed E-state index contributed by atoms with van der Waals surface area (Å²) >= 11 is 0. The molecule has 4 N–H and O–H groups in total. The zero-order valence-electron chi connectivity index (χ0n) is 8.82. The van der Waals surface area contributed by atoms with E-state index in [4.69, 9.17) is 15.3 Å². The predicted octanol–water partition coefficient (Wildman–Crippen LogP) is 0.217. The molecule has 0 bridgehead atoms. The molecule has 0 aromatic carbocycles. The van der Waals surface area contributed by atoms with Gasteiger partial charge in [0.05, 0.1) is 11.3 Å². The van der Waals surface area contributed by atoms with E-state index in [1.807, 2.05) is 0 Å². The molecule has 0 saturated heterocycles. The van der Waals surface area contributed by atoms with Gasteiger partial charge < -0.3 is 15.3 Å². The summed E-state index contributed by atoms with van der Waals surface area (Å²) < 4.78 is 0. The van der Waals surface area contributed by atoms with E-state index >= 15 is 0 Å². The number of nitrogens with zero attached hydrogens (tertiary/aromatic N) is 1. The first-order valence-corrected chi connectivity index (χ1v) is 4.55. The van der Waals surface area contributed by atoms with Crippen molar-refractivity contribution in [3.05, 3.63) is 35.2 Å². The number of carboxylic acid groups (broad SMARTS) is 3. The molecule has 0 atom stereocenters. The summed E-state index contributed by atoms with van der Waals surface area (Å²) in [6.07, 6.45) is 2.61. The van der Waals surface area contributed by atoms with Gasteiger partial charge in [-0.05, 0) is 18.2 Å². The summed E-state index contributed by atoms with van der Waals surface area (Å²) in [5.74, 6) is -3.90. The van der Waals surface area contributed by atoms with Gasteiger partial charge in [-0.3, -0.25) is 5.10 Å². The van der Waals surface area contributed by atoms with Gasteiger partial charge in [0.2, 0.25) is 0 Å². The average molecular weight is 252 g/mol. The van der Waals surface area contributed by atoms with E-state index in [-0.39, 0.29) is 17.0 Å². The zero-order valence-corrected chi connectivity index (χ0v) is 8.82. The number of nitrogens with one attached hydrogen (secondary N) is 1. The fraction of sp³-hybridized carbons (Fsp3) is 0. The van der Waals surface area contributed by atoms with Gasteiger partial charge in [-0.1, -0.05) is 0 Å². The van der Waals surface area contributed by atoms with E-state index in [0.717, 1.165) is 18.2 Å². The molecule has 0 aliphatic heterocycles. The molecule has 0 aliphatic carbocycles. The molecule has 1 heterocycles. The minimum atomic E-state index is -1.35. The fourth-order valence-corrected chi connectivity index (χ4v) is 1.03. The molecule has 0 spiro atoms. The minimum absolute atomic E-state index is 0.139. The highest BCUT2D eigenvalue weighted by Crippen LogP contribution is 2.08. The van der Waals surface area contributed by atoms with Crippen LogP contribution in [0.5, 0.6) is 0 Å². The largest absolute Gasteiger partial charge is 0.478 e. The molecule has 8 nitrogen and oxygen atoms in total. The lowest BCUT2D eigenvalue weighted by Gasteiger charge is -1.92. The normalized spacial score (nSPS) is 11.7. The third-order valence-electron chi connectivity index (χ3n) is 1.78. The van der Waals surface area contributed by atoms with Crippen LogP contribution in [-0.2, 0) is 9.59 Å². The monoisotopic (exact) mass is 252 g/mol. The van der Waals surface area contributed by atoms with Crippen molar-refractivity contribution >= 4 is 24.0 Å². The van der Waals surface area contributed by atoms with Crippen LogP contribution in [0.15, 0.2) is 23.8 Å². The Balaban J connectivity index is 3.04. The molecule has 0 unspecified atom stereocenters. The third kappa shape index (κ3) is 3.59. The van der Waals surface area contributed by atoms with E-state index in [2.05, 4.69) is 10.2 Å². The number of rotatable bonds is 5. The Labute approximate surface area is 99.9 Å². The molecule has 1 aromatic heterocycles. The van der Waals surface area contributed by atoms with Crippen molar-refractivity contribution in [3.8, 4) is 0 Å². The average Bonchev–Trinajstić information content (AvgIpc) is 2.71. The second-order valence-electron chi connectivity index (χ2n) is 3.09. The lowest BCUT2D eigenvalue weighted by molar-refractivity contribution is -0.132. The number of carbonyl (C=O) groups is 3. The Morgan fingerprint density at radius 1 is 1.17 bits per heavy atom. The summed E-state index contributed by atoms with van der Waals surface area (Å²) in [4.78, 5) is 31.6. The van der Waals surface area contributed by atoms with Crippen molar-refractivity contribution in [2.45, 2.75) is 0 Å². The maximum absolute atomic E-state index is 10.8. The lowest BCUT2D eigenvalue weighted by atomic mass is 10.2. The van der Waals surface area contributed by atoms with E-state index in [0.29, 0.717) is 6.08 Å². The quantitative estimate of drug-likeness (QED) is 0.433. The van der Waals surface area contributed by atoms with Gasteiger partial charge in [-0.25, -0.2) is 14.4 Å². The van der Waals surface area contributed by atoms with Crippen LogP contribution in [0.3, 0.4) is 0 Å². The first kappa shape index (κ1) is 13.2. The number of carboxylic acids is 3. The van der Waals surface area contributed by atoms with Crippen molar-refractivity contribution in [1.29, 1.82) is 0 Å². The summed E-state index contributed by atoms with van der Waals surface area (Å²) in [5, 5.41) is 31.5. The SMILES string of the molecule is O=C(O)/C=C/C(=C\c1cc(C(=O)O)n[nH]1)C(=O)O. The summed E-state index contributed by atoms with van der Waals surface area (Å²) in [5.41, 5.74) is -0.453. The van der Waals surface area contributed by atoms with Gasteiger partial charge in [-0.2, -0.15) is 5.10 Å². The third-order valence-corrected chi connectivity index (χ3v) is 1.78.